The van der Waals surface area contributed by atoms with Crippen LogP contribution in [0.25, 0.3) is 0 Å². The van der Waals surface area contributed by atoms with Gasteiger partial charge in [-0.2, -0.15) is 16.8 Å². The largest absolute Gasteiger partial charge is 0.370 e. The van der Waals surface area contributed by atoms with Gasteiger partial charge in [0.1, 0.15) is 0 Å². The summed E-state index contributed by atoms with van der Waals surface area (Å²) in [6, 6.07) is 5.45. The number of aliphatic imine (C=N–C) groups is 2. The summed E-state index contributed by atoms with van der Waals surface area (Å²) in [6.45, 7) is 0.464. The van der Waals surface area contributed by atoms with Gasteiger partial charge in [0.05, 0.1) is 10.6 Å². The Morgan fingerprint density at radius 2 is 2.07 bits per heavy atom. The first-order valence-electron chi connectivity index (χ1n) is 8.46. The fourth-order valence-electron chi connectivity index (χ4n) is 2.11. The second-order valence-corrected chi connectivity index (χ2v) is 9.33. The number of carbonyl (C=O) groups is 1. The molecule has 14 heteroatoms. The maximum atomic E-state index is 12.5. The van der Waals surface area contributed by atoms with Gasteiger partial charge in [-0.15, -0.1) is 11.3 Å². The maximum Gasteiger partial charge on any atom is 0.264 e. The molecule has 2 aromatic rings. The summed E-state index contributed by atoms with van der Waals surface area (Å²) < 4.78 is 27.4. The molecule has 0 aliphatic heterocycles. The Balaban J connectivity index is 1.83. The van der Waals surface area contributed by atoms with Gasteiger partial charge in [0, 0.05) is 36.0 Å². The van der Waals surface area contributed by atoms with E-state index in [0.717, 1.165) is 5.69 Å². The lowest BCUT2D eigenvalue weighted by molar-refractivity contribution is 0.1000. The van der Waals surface area contributed by atoms with Gasteiger partial charge in [-0.05, 0) is 18.2 Å². The van der Waals surface area contributed by atoms with Gasteiger partial charge < -0.3 is 22.5 Å². The zero-order chi connectivity index (χ0) is 22.1. The molecular formula is C16H22N8O3S3. The lowest BCUT2D eigenvalue weighted by Gasteiger charge is -2.12. The minimum atomic E-state index is -3.92. The number of guanidine groups is 2. The summed E-state index contributed by atoms with van der Waals surface area (Å²) in [7, 11) is -2.46. The molecule has 8 N–H and O–H groups in total. The van der Waals surface area contributed by atoms with E-state index in [-0.39, 0.29) is 22.4 Å². The second kappa shape index (κ2) is 10.8. The van der Waals surface area contributed by atoms with Gasteiger partial charge in [-0.3, -0.25) is 9.79 Å². The molecule has 0 fully saturated rings. The van der Waals surface area contributed by atoms with E-state index >= 15 is 0 Å². The number of thiazole rings is 1. The lowest BCUT2D eigenvalue weighted by Crippen LogP contribution is -2.41. The quantitative estimate of drug-likeness (QED) is 0.191. The number of carbonyl (C=O) groups excluding carboxylic acids is 1. The Morgan fingerprint density at radius 1 is 1.30 bits per heavy atom. The number of thioether (sulfide) groups is 1. The molecule has 11 nitrogen and oxygen atoms in total. The highest BCUT2D eigenvalue weighted by atomic mass is 32.2. The molecule has 0 radical (unpaired) electrons. The zero-order valence-electron chi connectivity index (χ0n) is 16.0. The van der Waals surface area contributed by atoms with Gasteiger partial charge in [0.15, 0.2) is 5.96 Å². The number of rotatable bonds is 9. The summed E-state index contributed by atoms with van der Waals surface area (Å²) in [6.07, 6.45) is 0. The van der Waals surface area contributed by atoms with Crippen LogP contribution in [0.4, 0.5) is 5.13 Å². The first-order valence-corrected chi connectivity index (χ1v) is 12.0. The molecule has 1 heterocycles. The summed E-state index contributed by atoms with van der Waals surface area (Å²) in [5, 5.41) is 5.29. The number of benzene rings is 1. The molecule has 162 valence electrons. The molecule has 0 saturated carbocycles. The molecule has 0 spiro atoms. The lowest BCUT2D eigenvalue weighted by atomic mass is 10.2. The number of amides is 1. The number of primary amides is 1. The van der Waals surface area contributed by atoms with Crippen LogP contribution < -0.4 is 27.2 Å². The normalized spacial score (nSPS) is 11.7. The van der Waals surface area contributed by atoms with Crippen LogP contribution in [0, 0.1) is 0 Å². The number of hydrogen-bond acceptors (Lipinski definition) is 8. The molecule has 0 aliphatic rings. The Bertz CT molecular complexity index is 1050. The van der Waals surface area contributed by atoms with E-state index in [4.69, 9.17) is 17.2 Å². The number of nitrogens with zero attached hydrogens (tertiary/aromatic N) is 3. The zero-order valence-corrected chi connectivity index (χ0v) is 18.5. The molecule has 1 amide bonds. The van der Waals surface area contributed by atoms with Gasteiger partial charge in [-0.25, -0.2) is 18.1 Å². The average Bonchev–Trinajstić information content (AvgIpc) is 3.13. The highest BCUT2D eigenvalue weighted by Gasteiger charge is 2.17. The van der Waals surface area contributed by atoms with Crippen LogP contribution in [0.15, 0.2) is 44.5 Å². The topological polar surface area (TPSA) is 191 Å². The first kappa shape index (κ1) is 23.4. The third kappa shape index (κ3) is 7.20. The van der Waals surface area contributed by atoms with Crippen molar-refractivity contribution in [3.8, 4) is 0 Å². The monoisotopic (exact) mass is 470 g/mol. The molecule has 30 heavy (non-hydrogen) atoms. The molecule has 1 aromatic carbocycles. The molecular weight excluding hydrogens is 448 g/mol. The maximum absolute atomic E-state index is 12.5. The number of hydrogen-bond donors (Lipinski definition) is 5. The number of aromatic nitrogens is 1. The fraction of sp³-hybridized carbons (Fsp3) is 0.250. The van der Waals surface area contributed by atoms with Crippen LogP contribution in [-0.2, 0) is 15.8 Å². The van der Waals surface area contributed by atoms with Gasteiger partial charge >= 0.3 is 0 Å². The molecule has 0 bridgehead atoms. The van der Waals surface area contributed by atoms with Gasteiger partial charge in [-0.1, -0.05) is 6.07 Å². The smallest absolute Gasteiger partial charge is 0.264 e. The molecule has 0 aliphatic carbocycles. The average molecular weight is 471 g/mol. The number of nitrogens with two attached hydrogens (primary N) is 3. The van der Waals surface area contributed by atoms with Gasteiger partial charge in [0.2, 0.25) is 17.0 Å². The van der Waals surface area contributed by atoms with E-state index < -0.39 is 15.9 Å². The third-order valence-corrected chi connectivity index (χ3v) is 6.55. The third-order valence-electron chi connectivity index (χ3n) is 3.44. The summed E-state index contributed by atoms with van der Waals surface area (Å²) >= 11 is 2.94. The predicted molar refractivity (Wildman–Crippen MR) is 120 cm³/mol. The van der Waals surface area contributed by atoms with E-state index in [2.05, 4.69) is 25.0 Å². The number of nitrogens with one attached hydrogen (secondary N) is 2. The SMILES string of the molecule is CN=C(NCCSCc1csc(N=C(N)N)n1)NS(=O)(=O)c1cccc(C(N)=O)c1. The minimum Gasteiger partial charge on any atom is -0.370 e. The van der Waals surface area contributed by atoms with E-state index in [1.807, 2.05) is 5.38 Å². The Labute approximate surface area is 182 Å². The van der Waals surface area contributed by atoms with Crippen molar-refractivity contribution in [1.29, 1.82) is 0 Å². The van der Waals surface area contributed by atoms with Crippen molar-refractivity contribution in [3.05, 3.63) is 40.9 Å². The van der Waals surface area contributed by atoms with E-state index in [0.29, 0.717) is 23.2 Å². The van der Waals surface area contributed by atoms with Crippen molar-refractivity contribution < 1.29 is 13.2 Å². The van der Waals surface area contributed by atoms with E-state index in [1.54, 1.807) is 11.8 Å². The Hall–Kier alpha value is -2.84. The Kier molecular flexibility index (Phi) is 8.44. The van der Waals surface area contributed by atoms with Crippen LogP contribution in [0.1, 0.15) is 16.1 Å². The highest BCUT2D eigenvalue weighted by molar-refractivity contribution is 7.98. The van der Waals surface area contributed by atoms with E-state index in [1.165, 1.54) is 42.6 Å². The van der Waals surface area contributed by atoms with Crippen molar-refractivity contribution in [2.45, 2.75) is 10.6 Å². The van der Waals surface area contributed by atoms with Crippen LogP contribution in [0.5, 0.6) is 0 Å². The minimum absolute atomic E-state index is 0.0389. The molecule has 0 saturated heterocycles. The molecule has 0 unspecified atom stereocenters. The second-order valence-electron chi connectivity index (χ2n) is 5.71. The first-order chi connectivity index (χ1) is 14.2. The van der Waals surface area contributed by atoms with Crippen molar-refractivity contribution in [2.75, 3.05) is 19.3 Å². The standard InChI is InChI=1S/C16H22N8O3S3/c1-20-15(24-30(26,27)12-4-2-3-10(7-12)13(17)25)21-5-6-28-8-11-9-29-16(22-11)23-14(18)19/h2-4,7,9H,5-6,8H2,1H3,(H2,17,25)(H2,20,21,24)(H4,18,19,22,23). The predicted octanol–water partition coefficient (Wildman–Crippen LogP) is -0.0660. The summed E-state index contributed by atoms with van der Waals surface area (Å²) in [4.78, 5) is 23.2. The number of sulfonamides is 1. The van der Waals surface area contributed by atoms with Crippen LogP contribution in [0.3, 0.4) is 0 Å². The van der Waals surface area contributed by atoms with Crippen LogP contribution in [-0.4, -0.2) is 50.6 Å². The summed E-state index contributed by atoms with van der Waals surface area (Å²) in [5.74, 6) is 0.666. The molecule has 0 atom stereocenters. The van der Waals surface area contributed by atoms with Crippen LogP contribution >= 0.6 is 23.1 Å². The van der Waals surface area contributed by atoms with Crippen molar-refractivity contribution in [3.63, 3.8) is 0 Å². The van der Waals surface area contributed by atoms with Crippen molar-refractivity contribution in [1.82, 2.24) is 15.0 Å². The summed E-state index contributed by atoms with van der Waals surface area (Å²) in [5.41, 5.74) is 16.8. The van der Waals surface area contributed by atoms with E-state index in [9.17, 15) is 13.2 Å². The Morgan fingerprint density at radius 3 is 2.73 bits per heavy atom. The van der Waals surface area contributed by atoms with Crippen molar-refractivity contribution >= 4 is 56.1 Å². The highest BCUT2D eigenvalue weighted by Crippen LogP contribution is 2.21. The molecule has 2 rings (SSSR count). The van der Waals surface area contributed by atoms with Crippen LogP contribution in [0.2, 0.25) is 0 Å². The molecule has 1 aromatic heterocycles. The van der Waals surface area contributed by atoms with Gasteiger partial charge in [0.25, 0.3) is 10.0 Å². The fourth-order valence-corrected chi connectivity index (χ4v) is 4.74. The van der Waals surface area contributed by atoms with Crippen molar-refractivity contribution in [2.24, 2.45) is 27.2 Å².